The maximum atomic E-state index is 5.81. The summed E-state index contributed by atoms with van der Waals surface area (Å²) in [7, 11) is 0. The van der Waals surface area contributed by atoms with Gasteiger partial charge < -0.3 is 10.3 Å². The molecule has 0 amide bonds. The van der Waals surface area contributed by atoms with Gasteiger partial charge in [0, 0.05) is 0 Å². The van der Waals surface area contributed by atoms with Crippen LogP contribution in [0.1, 0.15) is 29.7 Å². The zero-order valence-electron chi connectivity index (χ0n) is 15.3. The second-order valence-electron chi connectivity index (χ2n) is 6.86. The molecule has 1 unspecified atom stereocenters. The Balaban J connectivity index is 1.95. The normalized spacial score (nSPS) is 12.4. The average Bonchev–Trinajstić information content (AvgIpc) is 3.01. The number of aromatic nitrogens is 3. The molecule has 1 atom stereocenters. The highest BCUT2D eigenvalue weighted by Gasteiger charge is 2.19. The highest BCUT2D eigenvalue weighted by atomic mass is 15.1. The minimum atomic E-state index is 0.136. The van der Waals surface area contributed by atoms with Crippen molar-refractivity contribution >= 4 is 16.7 Å². The first kappa shape index (κ1) is 16.3. The van der Waals surface area contributed by atoms with Crippen molar-refractivity contribution in [1.82, 2.24) is 14.5 Å². The summed E-state index contributed by atoms with van der Waals surface area (Å²) in [5.74, 6) is 0.860. The molecule has 0 radical (unpaired) electrons. The highest BCUT2D eigenvalue weighted by Crippen LogP contribution is 2.31. The number of pyridine rings is 1. The van der Waals surface area contributed by atoms with Crippen LogP contribution < -0.4 is 5.73 Å². The number of aryl methyl sites for hydroxylation is 2. The van der Waals surface area contributed by atoms with E-state index in [1.54, 1.807) is 6.20 Å². The van der Waals surface area contributed by atoms with Crippen molar-refractivity contribution < 1.29 is 0 Å². The first-order valence-corrected chi connectivity index (χ1v) is 8.80. The first-order chi connectivity index (χ1) is 12.5. The Bertz CT molecular complexity index is 1060. The van der Waals surface area contributed by atoms with E-state index >= 15 is 0 Å². The van der Waals surface area contributed by atoms with Crippen LogP contribution in [0.25, 0.3) is 22.6 Å². The molecule has 4 aromatic rings. The molecule has 0 aliphatic heterocycles. The molecule has 4 rings (SSSR count). The van der Waals surface area contributed by atoms with Crippen LogP contribution >= 0.6 is 0 Å². The zero-order chi connectivity index (χ0) is 18.3. The van der Waals surface area contributed by atoms with E-state index in [2.05, 4.69) is 72.8 Å². The minimum Gasteiger partial charge on any atom is -0.397 e. The van der Waals surface area contributed by atoms with E-state index in [1.807, 2.05) is 12.1 Å². The van der Waals surface area contributed by atoms with Gasteiger partial charge in [-0.05, 0) is 56.2 Å². The monoisotopic (exact) mass is 342 g/mol. The van der Waals surface area contributed by atoms with E-state index in [0.29, 0.717) is 5.69 Å². The fraction of sp³-hybridized carbons (Fsp3) is 0.182. The Morgan fingerprint density at radius 3 is 2.35 bits per heavy atom. The van der Waals surface area contributed by atoms with E-state index in [9.17, 15) is 0 Å². The predicted molar refractivity (Wildman–Crippen MR) is 107 cm³/mol. The molecule has 0 aliphatic rings. The summed E-state index contributed by atoms with van der Waals surface area (Å²) >= 11 is 0. The third-order valence-corrected chi connectivity index (χ3v) is 4.81. The molecule has 2 aromatic carbocycles. The number of fused-ring (bicyclic) bond motifs is 1. The third-order valence-electron chi connectivity index (χ3n) is 4.81. The second kappa shape index (κ2) is 6.30. The van der Waals surface area contributed by atoms with Crippen molar-refractivity contribution in [3.05, 3.63) is 77.5 Å². The topological polar surface area (TPSA) is 56.7 Å². The number of nitrogens with two attached hydrogens (primary N) is 1. The fourth-order valence-electron chi connectivity index (χ4n) is 3.31. The average molecular weight is 342 g/mol. The lowest BCUT2D eigenvalue weighted by Crippen LogP contribution is -2.09. The number of nitrogen functional groups attached to an aromatic ring is 1. The summed E-state index contributed by atoms with van der Waals surface area (Å²) in [6.45, 7) is 6.41. The smallest absolute Gasteiger partial charge is 0.160 e. The Labute approximate surface area is 153 Å². The molecule has 130 valence electrons. The lowest BCUT2D eigenvalue weighted by molar-refractivity contribution is 0.663. The molecule has 0 fully saturated rings. The van der Waals surface area contributed by atoms with Crippen LogP contribution in [-0.2, 0) is 0 Å². The van der Waals surface area contributed by atoms with Crippen molar-refractivity contribution in [2.45, 2.75) is 26.8 Å². The molecule has 2 aromatic heterocycles. The molecular weight excluding hydrogens is 320 g/mol. The molecule has 0 bridgehead atoms. The SMILES string of the molecule is Cc1ccc(C(C)n2c(-c3ccc(N)cn3)nc3ccc(C)cc32)cc1. The quantitative estimate of drug-likeness (QED) is 0.576. The number of imidazole rings is 1. The Kier molecular flexibility index (Phi) is 3.96. The van der Waals surface area contributed by atoms with Gasteiger partial charge in [0.05, 0.1) is 29.0 Å². The van der Waals surface area contributed by atoms with Gasteiger partial charge in [-0.15, -0.1) is 0 Å². The minimum absolute atomic E-state index is 0.136. The molecule has 0 aliphatic carbocycles. The van der Waals surface area contributed by atoms with Crippen molar-refractivity contribution in [3.63, 3.8) is 0 Å². The second-order valence-corrected chi connectivity index (χ2v) is 6.86. The molecule has 4 nitrogen and oxygen atoms in total. The van der Waals surface area contributed by atoms with Crippen molar-refractivity contribution in [2.75, 3.05) is 5.73 Å². The van der Waals surface area contributed by atoms with Crippen LogP contribution in [0.2, 0.25) is 0 Å². The van der Waals surface area contributed by atoms with Crippen LogP contribution in [0.15, 0.2) is 60.8 Å². The molecule has 0 saturated carbocycles. The van der Waals surface area contributed by atoms with Crippen molar-refractivity contribution in [2.24, 2.45) is 0 Å². The number of rotatable bonds is 3. The van der Waals surface area contributed by atoms with Gasteiger partial charge in [-0.2, -0.15) is 0 Å². The lowest BCUT2D eigenvalue weighted by Gasteiger charge is -2.18. The molecule has 0 saturated heterocycles. The van der Waals surface area contributed by atoms with Crippen LogP contribution in [0.4, 0.5) is 5.69 Å². The fourth-order valence-corrected chi connectivity index (χ4v) is 3.31. The number of hydrogen-bond acceptors (Lipinski definition) is 3. The highest BCUT2D eigenvalue weighted by molar-refractivity contribution is 5.81. The van der Waals surface area contributed by atoms with Crippen LogP contribution in [0.5, 0.6) is 0 Å². The summed E-state index contributed by atoms with van der Waals surface area (Å²) in [4.78, 5) is 9.39. The molecule has 2 heterocycles. The van der Waals surface area contributed by atoms with E-state index in [-0.39, 0.29) is 6.04 Å². The van der Waals surface area contributed by atoms with Crippen molar-refractivity contribution in [3.8, 4) is 11.5 Å². The summed E-state index contributed by atoms with van der Waals surface area (Å²) in [5.41, 5.74) is 13.1. The molecule has 2 N–H and O–H groups in total. The molecular formula is C22H22N4. The number of hydrogen-bond donors (Lipinski definition) is 1. The van der Waals surface area contributed by atoms with Gasteiger partial charge in [0.25, 0.3) is 0 Å². The number of anilines is 1. The Morgan fingerprint density at radius 1 is 0.923 bits per heavy atom. The van der Waals surface area contributed by atoms with E-state index in [4.69, 9.17) is 10.7 Å². The molecule has 0 spiro atoms. The summed E-state index contributed by atoms with van der Waals surface area (Å²) in [5, 5.41) is 0. The van der Waals surface area contributed by atoms with Gasteiger partial charge in [0.15, 0.2) is 5.82 Å². The Morgan fingerprint density at radius 2 is 1.65 bits per heavy atom. The Hall–Kier alpha value is -3.14. The molecule has 26 heavy (non-hydrogen) atoms. The summed E-state index contributed by atoms with van der Waals surface area (Å²) in [6.07, 6.45) is 1.68. The largest absolute Gasteiger partial charge is 0.397 e. The first-order valence-electron chi connectivity index (χ1n) is 8.80. The van der Waals surface area contributed by atoms with E-state index in [0.717, 1.165) is 22.6 Å². The van der Waals surface area contributed by atoms with E-state index < -0.39 is 0 Å². The van der Waals surface area contributed by atoms with Gasteiger partial charge in [0.1, 0.15) is 5.69 Å². The summed E-state index contributed by atoms with van der Waals surface area (Å²) in [6, 6.07) is 19.0. The summed E-state index contributed by atoms with van der Waals surface area (Å²) < 4.78 is 2.27. The standard InChI is InChI=1S/C22H22N4/c1-14-4-7-17(8-5-14)16(3)26-21-12-15(2)6-10-19(21)25-22(26)20-11-9-18(23)13-24-20/h4-13,16H,23H2,1-3H3. The van der Waals surface area contributed by atoms with Crippen LogP contribution in [0.3, 0.4) is 0 Å². The molecule has 4 heteroatoms. The van der Waals surface area contributed by atoms with Gasteiger partial charge in [0.2, 0.25) is 0 Å². The third kappa shape index (κ3) is 2.84. The van der Waals surface area contributed by atoms with Gasteiger partial charge in [-0.25, -0.2) is 4.98 Å². The predicted octanol–water partition coefficient (Wildman–Crippen LogP) is 4.91. The van der Waals surface area contributed by atoms with Crippen LogP contribution in [-0.4, -0.2) is 14.5 Å². The maximum Gasteiger partial charge on any atom is 0.160 e. The lowest BCUT2D eigenvalue weighted by atomic mass is 10.1. The van der Waals surface area contributed by atoms with E-state index in [1.165, 1.54) is 16.7 Å². The van der Waals surface area contributed by atoms with Gasteiger partial charge >= 0.3 is 0 Å². The zero-order valence-corrected chi connectivity index (χ0v) is 15.3. The number of benzene rings is 2. The maximum absolute atomic E-state index is 5.81. The van der Waals surface area contributed by atoms with Crippen molar-refractivity contribution in [1.29, 1.82) is 0 Å². The van der Waals surface area contributed by atoms with Crippen LogP contribution in [0, 0.1) is 13.8 Å². The van der Waals surface area contributed by atoms with Gasteiger partial charge in [-0.3, -0.25) is 4.98 Å². The number of nitrogens with zero attached hydrogens (tertiary/aromatic N) is 3. The van der Waals surface area contributed by atoms with Gasteiger partial charge in [-0.1, -0.05) is 35.9 Å².